The molecule has 1 saturated carbocycles. The third kappa shape index (κ3) is 2.97. The van der Waals surface area contributed by atoms with E-state index in [1.54, 1.807) is 12.4 Å². The molecule has 0 aromatic carbocycles. The first kappa shape index (κ1) is 12.8. The van der Waals surface area contributed by atoms with Gasteiger partial charge < -0.3 is 10.4 Å². The van der Waals surface area contributed by atoms with Crippen molar-refractivity contribution in [3.8, 4) is 0 Å². The number of hydrogen-bond acceptors (Lipinski definition) is 4. The van der Waals surface area contributed by atoms with E-state index in [1.807, 2.05) is 6.92 Å². The van der Waals surface area contributed by atoms with E-state index in [2.05, 4.69) is 15.3 Å². The molecule has 5 nitrogen and oxygen atoms in total. The minimum absolute atomic E-state index is 0.0413. The van der Waals surface area contributed by atoms with Gasteiger partial charge in [0.2, 0.25) is 0 Å². The molecule has 1 heterocycles. The lowest BCUT2D eigenvalue weighted by Gasteiger charge is -2.23. The summed E-state index contributed by atoms with van der Waals surface area (Å²) in [6.45, 7) is 1.88. The van der Waals surface area contributed by atoms with Gasteiger partial charge in [-0.15, -0.1) is 0 Å². The SMILES string of the molecule is Cc1nccnc1NC1CCCCCC1C(=O)O. The van der Waals surface area contributed by atoms with Crippen molar-refractivity contribution in [2.45, 2.75) is 45.1 Å². The molecule has 0 radical (unpaired) electrons. The van der Waals surface area contributed by atoms with Crippen LogP contribution in [-0.2, 0) is 4.79 Å². The van der Waals surface area contributed by atoms with E-state index in [9.17, 15) is 9.90 Å². The molecular weight excluding hydrogens is 230 g/mol. The molecule has 5 heteroatoms. The lowest BCUT2D eigenvalue weighted by atomic mass is 9.95. The molecule has 0 spiro atoms. The average molecular weight is 249 g/mol. The fraction of sp³-hybridized carbons (Fsp3) is 0.615. The Hall–Kier alpha value is -1.65. The zero-order valence-electron chi connectivity index (χ0n) is 10.6. The number of aryl methyl sites for hydroxylation is 1. The van der Waals surface area contributed by atoms with Crippen molar-refractivity contribution in [2.75, 3.05) is 5.32 Å². The number of nitrogens with one attached hydrogen (secondary N) is 1. The van der Waals surface area contributed by atoms with Crippen LogP contribution in [0.1, 0.15) is 37.8 Å². The monoisotopic (exact) mass is 249 g/mol. The molecule has 1 aliphatic rings. The number of aromatic nitrogens is 2. The van der Waals surface area contributed by atoms with Gasteiger partial charge in [-0.05, 0) is 19.8 Å². The summed E-state index contributed by atoms with van der Waals surface area (Å²) in [6.07, 6.45) is 8.07. The Labute approximate surface area is 107 Å². The third-order valence-corrected chi connectivity index (χ3v) is 3.54. The van der Waals surface area contributed by atoms with Gasteiger partial charge in [-0.25, -0.2) is 4.98 Å². The largest absolute Gasteiger partial charge is 0.481 e. The molecule has 1 aromatic rings. The standard InChI is InChI=1S/C13H19N3O2/c1-9-12(15-8-7-14-9)16-11-6-4-2-3-5-10(11)13(17)18/h7-8,10-11H,2-6H2,1H3,(H,15,16)(H,17,18). The Morgan fingerprint density at radius 2 is 2.00 bits per heavy atom. The molecule has 2 N–H and O–H groups in total. The topological polar surface area (TPSA) is 75.1 Å². The van der Waals surface area contributed by atoms with Crippen LogP contribution in [0.2, 0.25) is 0 Å². The number of anilines is 1. The van der Waals surface area contributed by atoms with Crippen molar-refractivity contribution in [1.82, 2.24) is 9.97 Å². The van der Waals surface area contributed by atoms with Gasteiger partial charge >= 0.3 is 5.97 Å². The van der Waals surface area contributed by atoms with Crippen molar-refractivity contribution in [2.24, 2.45) is 5.92 Å². The van der Waals surface area contributed by atoms with Crippen LogP contribution in [-0.4, -0.2) is 27.1 Å². The Kier molecular flexibility index (Phi) is 4.12. The van der Waals surface area contributed by atoms with Crippen LogP contribution in [0.15, 0.2) is 12.4 Å². The van der Waals surface area contributed by atoms with E-state index >= 15 is 0 Å². The Morgan fingerprint density at radius 1 is 1.28 bits per heavy atom. The highest BCUT2D eigenvalue weighted by atomic mass is 16.4. The molecular formula is C13H19N3O2. The summed E-state index contributed by atoms with van der Waals surface area (Å²) in [4.78, 5) is 19.7. The summed E-state index contributed by atoms with van der Waals surface area (Å²) in [7, 11) is 0. The fourth-order valence-electron chi connectivity index (χ4n) is 2.50. The fourth-order valence-corrected chi connectivity index (χ4v) is 2.50. The Balaban J connectivity index is 2.14. The maximum Gasteiger partial charge on any atom is 0.308 e. The lowest BCUT2D eigenvalue weighted by molar-refractivity contribution is -0.142. The molecule has 98 valence electrons. The van der Waals surface area contributed by atoms with Crippen molar-refractivity contribution >= 4 is 11.8 Å². The first-order valence-corrected chi connectivity index (χ1v) is 6.45. The summed E-state index contributed by atoms with van der Waals surface area (Å²) in [5.74, 6) is -0.333. The molecule has 2 rings (SSSR count). The van der Waals surface area contributed by atoms with E-state index in [-0.39, 0.29) is 12.0 Å². The van der Waals surface area contributed by atoms with E-state index < -0.39 is 5.97 Å². The molecule has 18 heavy (non-hydrogen) atoms. The van der Waals surface area contributed by atoms with E-state index in [0.29, 0.717) is 5.82 Å². The zero-order valence-corrected chi connectivity index (χ0v) is 10.6. The zero-order chi connectivity index (χ0) is 13.0. The number of nitrogens with zero attached hydrogens (tertiary/aromatic N) is 2. The van der Waals surface area contributed by atoms with Crippen molar-refractivity contribution in [3.63, 3.8) is 0 Å². The van der Waals surface area contributed by atoms with Gasteiger partial charge in [-0.1, -0.05) is 19.3 Å². The summed E-state index contributed by atoms with van der Waals surface area (Å²) in [6, 6.07) is -0.0413. The van der Waals surface area contributed by atoms with Crippen LogP contribution in [0, 0.1) is 12.8 Å². The minimum atomic E-state index is -0.712. The van der Waals surface area contributed by atoms with Crippen LogP contribution >= 0.6 is 0 Å². The van der Waals surface area contributed by atoms with Crippen LogP contribution in [0.5, 0.6) is 0 Å². The van der Waals surface area contributed by atoms with Gasteiger partial charge in [0.25, 0.3) is 0 Å². The predicted octanol–water partition coefficient (Wildman–Crippen LogP) is 2.23. The van der Waals surface area contributed by atoms with E-state index in [4.69, 9.17) is 0 Å². The number of carboxylic acids is 1. The van der Waals surface area contributed by atoms with E-state index in [1.165, 1.54) is 0 Å². The Morgan fingerprint density at radius 3 is 2.72 bits per heavy atom. The molecule has 2 atom stereocenters. The normalized spacial score (nSPS) is 24.3. The smallest absolute Gasteiger partial charge is 0.308 e. The summed E-state index contributed by atoms with van der Waals surface area (Å²) < 4.78 is 0. The van der Waals surface area contributed by atoms with Gasteiger partial charge in [0.1, 0.15) is 5.82 Å². The second-order valence-corrected chi connectivity index (χ2v) is 4.82. The van der Waals surface area contributed by atoms with Gasteiger partial charge in [0.05, 0.1) is 11.6 Å². The summed E-state index contributed by atoms with van der Waals surface area (Å²) in [5.41, 5.74) is 0.811. The number of aliphatic carboxylic acids is 1. The van der Waals surface area contributed by atoms with Crippen LogP contribution < -0.4 is 5.32 Å². The highest BCUT2D eigenvalue weighted by Gasteiger charge is 2.29. The third-order valence-electron chi connectivity index (χ3n) is 3.54. The summed E-state index contributed by atoms with van der Waals surface area (Å²) in [5, 5.41) is 12.6. The van der Waals surface area contributed by atoms with Crippen LogP contribution in [0.4, 0.5) is 5.82 Å². The van der Waals surface area contributed by atoms with E-state index in [0.717, 1.165) is 37.8 Å². The second kappa shape index (κ2) is 5.80. The van der Waals surface area contributed by atoms with Gasteiger partial charge in [-0.2, -0.15) is 0 Å². The Bertz CT molecular complexity index is 422. The van der Waals surface area contributed by atoms with Crippen molar-refractivity contribution in [1.29, 1.82) is 0 Å². The highest BCUT2D eigenvalue weighted by Crippen LogP contribution is 2.26. The quantitative estimate of drug-likeness (QED) is 0.803. The number of carboxylic acid groups (broad SMARTS) is 1. The molecule has 1 fully saturated rings. The van der Waals surface area contributed by atoms with Gasteiger partial charge in [0.15, 0.2) is 0 Å². The molecule has 0 bridgehead atoms. The maximum absolute atomic E-state index is 11.3. The summed E-state index contributed by atoms with van der Waals surface area (Å²) >= 11 is 0. The maximum atomic E-state index is 11.3. The molecule has 0 amide bonds. The average Bonchev–Trinajstić information content (AvgIpc) is 2.57. The number of carbonyl (C=O) groups is 1. The number of hydrogen-bond donors (Lipinski definition) is 2. The molecule has 0 aliphatic heterocycles. The van der Waals surface area contributed by atoms with Gasteiger partial charge in [0, 0.05) is 18.4 Å². The molecule has 0 saturated heterocycles. The molecule has 2 unspecified atom stereocenters. The first-order valence-electron chi connectivity index (χ1n) is 6.45. The lowest BCUT2D eigenvalue weighted by Crippen LogP contribution is -2.34. The van der Waals surface area contributed by atoms with Crippen molar-refractivity contribution < 1.29 is 9.90 Å². The van der Waals surface area contributed by atoms with Crippen molar-refractivity contribution in [3.05, 3.63) is 18.1 Å². The van der Waals surface area contributed by atoms with Crippen LogP contribution in [0.3, 0.4) is 0 Å². The molecule has 1 aromatic heterocycles. The number of rotatable bonds is 3. The first-order chi connectivity index (χ1) is 8.68. The molecule has 1 aliphatic carbocycles. The second-order valence-electron chi connectivity index (χ2n) is 4.82. The minimum Gasteiger partial charge on any atom is -0.481 e. The highest BCUT2D eigenvalue weighted by molar-refractivity contribution is 5.71. The predicted molar refractivity (Wildman–Crippen MR) is 68.4 cm³/mol. The van der Waals surface area contributed by atoms with Crippen LogP contribution in [0.25, 0.3) is 0 Å². The van der Waals surface area contributed by atoms with Gasteiger partial charge in [-0.3, -0.25) is 9.78 Å².